The van der Waals surface area contributed by atoms with Gasteiger partial charge < -0.3 is 10.6 Å². The van der Waals surface area contributed by atoms with Crippen LogP contribution in [0.25, 0.3) is 0 Å². The predicted molar refractivity (Wildman–Crippen MR) is 93.3 cm³/mol. The van der Waals surface area contributed by atoms with E-state index in [1.807, 2.05) is 0 Å². The molecule has 2 rings (SSSR count). The van der Waals surface area contributed by atoms with Gasteiger partial charge in [0.15, 0.2) is 0 Å². The summed E-state index contributed by atoms with van der Waals surface area (Å²) in [7, 11) is 0. The zero-order valence-corrected chi connectivity index (χ0v) is 14.5. The predicted octanol–water partition coefficient (Wildman–Crippen LogP) is 3.36. The van der Waals surface area contributed by atoms with Gasteiger partial charge in [0, 0.05) is 29.1 Å². The maximum Gasteiger partial charge on any atom is 0.228 e. The number of nitriles is 1. The first kappa shape index (κ1) is 18.3. The molecule has 0 saturated heterocycles. The highest BCUT2D eigenvalue weighted by molar-refractivity contribution is 6.30. The maximum absolute atomic E-state index is 12.6. The molecule has 1 aromatic carbocycles. The van der Waals surface area contributed by atoms with Gasteiger partial charge in [-0.05, 0) is 44.0 Å². The van der Waals surface area contributed by atoms with E-state index in [1.54, 1.807) is 31.2 Å². The molecule has 3 atom stereocenters. The fourth-order valence-electron chi connectivity index (χ4n) is 2.96. The Labute approximate surface area is 147 Å². The third kappa shape index (κ3) is 4.97. The van der Waals surface area contributed by atoms with E-state index in [9.17, 15) is 9.59 Å². The van der Waals surface area contributed by atoms with Crippen LogP contribution >= 0.6 is 11.6 Å². The summed E-state index contributed by atoms with van der Waals surface area (Å²) in [6.45, 7) is 2.07. The number of carbonyl (C=O) groups excluding carboxylic acids is 2. The Bertz CT molecular complexity index is 624. The topological polar surface area (TPSA) is 82.0 Å². The lowest BCUT2D eigenvalue weighted by molar-refractivity contribution is -0.134. The normalized spacial score (nSPS) is 21.4. The summed E-state index contributed by atoms with van der Waals surface area (Å²) in [5, 5.41) is 15.1. The molecule has 1 aliphatic rings. The second-order valence-corrected chi connectivity index (χ2v) is 6.71. The van der Waals surface area contributed by atoms with Gasteiger partial charge in [0.2, 0.25) is 11.8 Å². The zero-order valence-electron chi connectivity index (χ0n) is 13.7. The third-order valence-corrected chi connectivity index (χ3v) is 4.61. The molecule has 128 valence electrons. The van der Waals surface area contributed by atoms with Crippen molar-refractivity contribution in [1.29, 1.82) is 5.26 Å². The number of anilines is 1. The Kier molecular flexibility index (Phi) is 6.62. The molecular weight excluding hydrogens is 326 g/mol. The fraction of sp³-hybridized carbons (Fsp3) is 0.500. The van der Waals surface area contributed by atoms with Gasteiger partial charge in [-0.2, -0.15) is 5.26 Å². The molecule has 24 heavy (non-hydrogen) atoms. The number of carbonyl (C=O) groups is 2. The largest absolute Gasteiger partial charge is 0.355 e. The number of benzene rings is 1. The first-order valence-corrected chi connectivity index (χ1v) is 8.63. The molecule has 2 amide bonds. The maximum atomic E-state index is 12.6. The SMILES string of the molecule is CC(C#N)CNC(=O)[C@@H]1CCCC[C@@H]1C(=O)Nc1ccc(Cl)cc1. The van der Waals surface area contributed by atoms with Crippen molar-refractivity contribution in [2.75, 3.05) is 11.9 Å². The Hall–Kier alpha value is -2.06. The first-order chi connectivity index (χ1) is 11.5. The van der Waals surface area contributed by atoms with E-state index in [4.69, 9.17) is 16.9 Å². The molecule has 5 nitrogen and oxygen atoms in total. The molecule has 0 aliphatic heterocycles. The third-order valence-electron chi connectivity index (χ3n) is 4.35. The van der Waals surface area contributed by atoms with E-state index >= 15 is 0 Å². The highest BCUT2D eigenvalue weighted by atomic mass is 35.5. The van der Waals surface area contributed by atoms with E-state index < -0.39 is 0 Å². The number of rotatable bonds is 5. The quantitative estimate of drug-likeness (QED) is 0.856. The molecule has 0 bridgehead atoms. The summed E-state index contributed by atoms with van der Waals surface area (Å²) in [5.41, 5.74) is 0.673. The number of hydrogen-bond donors (Lipinski definition) is 2. The van der Waals surface area contributed by atoms with Crippen LogP contribution in [0.5, 0.6) is 0 Å². The molecule has 1 fully saturated rings. The fourth-order valence-corrected chi connectivity index (χ4v) is 3.08. The molecule has 1 saturated carbocycles. The number of halogens is 1. The monoisotopic (exact) mass is 347 g/mol. The average Bonchev–Trinajstić information content (AvgIpc) is 2.61. The lowest BCUT2D eigenvalue weighted by Crippen LogP contribution is -2.42. The number of hydrogen-bond acceptors (Lipinski definition) is 3. The van der Waals surface area contributed by atoms with Crippen molar-refractivity contribution in [2.24, 2.45) is 17.8 Å². The van der Waals surface area contributed by atoms with Crippen LogP contribution in [0.3, 0.4) is 0 Å². The van der Waals surface area contributed by atoms with E-state index in [1.165, 1.54) is 0 Å². The van der Waals surface area contributed by atoms with E-state index in [0.29, 0.717) is 30.1 Å². The Balaban J connectivity index is 1.99. The Morgan fingerprint density at radius 3 is 2.38 bits per heavy atom. The molecular formula is C18H22ClN3O2. The molecule has 0 radical (unpaired) electrons. The standard InChI is InChI=1S/C18H22ClN3O2/c1-12(10-20)11-21-17(23)15-4-2-3-5-16(15)18(24)22-14-8-6-13(19)7-9-14/h6-9,12,15-16H,2-5,11H2,1H3,(H,21,23)(H,22,24)/t12?,15-,16+/m1/s1. The molecule has 1 aromatic rings. The second kappa shape index (κ2) is 8.70. The van der Waals surface area contributed by atoms with Crippen molar-refractivity contribution in [3.8, 4) is 6.07 Å². The van der Waals surface area contributed by atoms with Gasteiger partial charge in [-0.15, -0.1) is 0 Å². The van der Waals surface area contributed by atoms with Crippen molar-refractivity contribution in [2.45, 2.75) is 32.6 Å². The minimum Gasteiger partial charge on any atom is -0.355 e. The highest BCUT2D eigenvalue weighted by Crippen LogP contribution is 2.31. The summed E-state index contributed by atoms with van der Waals surface area (Å²) in [5.74, 6) is -1.18. The molecule has 1 unspecified atom stereocenters. The smallest absolute Gasteiger partial charge is 0.228 e. The van der Waals surface area contributed by atoms with Crippen LogP contribution in [0.15, 0.2) is 24.3 Å². The van der Waals surface area contributed by atoms with Crippen LogP contribution in [-0.4, -0.2) is 18.4 Å². The van der Waals surface area contributed by atoms with Gasteiger partial charge in [-0.25, -0.2) is 0 Å². The summed E-state index contributed by atoms with van der Waals surface area (Å²) in [6, 6.07) is 9.00. The Morgan fingerprint density at radius 2 is 1.79 bits per heavy atom. The number of amides is 2. The van der Waals surface area contributed by atoms with Crippen LogP contribution < -0.4 is 10.6 Å². The van der Waals surface area contributed by atoms with Gasteiger partial charge in [0.25, 0.3) is 0 Å². The summed E-state index contributed by atoms with van der Waals surface area (Å²) in [4.78, 5) is 25.0. The van der Waals surface area contributed by atoms with Gasteiger partial charge in [0.05, 0.1) is 12.0 Å². The minimum absolute atomic E-state index is 0.131. The van der Waals surface area contributed by atoms with E-state index in [-0.39, 0.29) is 29.6 Å². The lowest BCUT2D eigenvalue weighted by atomic mass is 9.78. The summed E-state index contributed by atoms with van der Waals surface area (Å²) >= 11 is 5.85. The molecule has 1 aliphatic carbocycles. The van der Waals surface area contributed by atoms with E-state index in [0.717, 1.165) is 12.8 Å². The highest BCUT2D eigenvalue weighted by Gasteiger charge is 2.35. The summed E-state index contributed by atoms with van der Waals surface area (Å²) < 4.78 is 0. The number of nitrogens with one attached hydrogen (secondary N) is 2. The molecule has 2 N–H and O–H groups in total. The molecule has 0 heterocycles. The van der Waals surface area contributed by atoms with Crippen LogP contribution in [0, 0.1) is 29.1 Å². The zero-order chi connectivity index (χ0) is 17.5. The van der Waals surface area contributed by atoms with Crippen LogP contribution in [0.4, 0.5) is 5.69 Å². The second-order valence-electron chi connectivity index (χ2n) is 6.27. The molecule has 0 spiro atoms. The first-order valence-electron chi connectivity index (χ1n) is 8.25. The van der Waals surface area contributed by atoms with Gasteiger partial charge in [-0.1, -0.05) is 24.4 Å². The van der Waals surface area contributed by atoms with Gasteiger partial charge >= 0.3 is 0 Å². The van der Waals surface area contributed by atoms with Crippen molar-refractivity contribution in [3.05, 3.63) is 29.3 Å². The molecule has 6 heteroatoms. The Morgan fingerprint density at radius 1 is 1.21 bits per heavy atom. The van der Waals surface area contributed by atoms with Crippen molar-refractivity contribution < 1.29 is 9.59 Å². The van der Waals surface area contributed by atoms with Crippen molar-refractivity contribution in [1.82, 2.24) is 5.32 Å². The average molecular weight is 348 g/mol. The van der Waals surface area contributed by atoms with Crippen LogP contribution in [0.2, 0.25) is 5.02 Å². The molecule has 0 aromatic heterocycles. The van der Waals surface area contributed by atoms with Crippen LogP contribution in [-0.2, 0) is 9.59 Å². The minimum atomic E-state index is -0.341. The van der Waals surface area contributed by atoms with E-state index in [2.05, 4.69) is 16.7 Å². The lowest BCUT2D eigenvalue weighted by Gasteiger charge is -2.29. The van der Waals surface area contributed by atoms with Gasteiger partial charge in [-0.3, -0.25) is 9.59 Å². The van der Waals surface area contributed by atoms with Gasteiger partial charge in [0.1, 0.15) is 0 Å². The van der Waals surface area contributed by atoms with Crippen LogP contribution in [0.1, 0.15) is 32.6 Å². The number of nitrogens with zero attached hydrogens (tertiary/aromatic N) is 1. The van der Waals surface area contributed by atoms with Crippen molar-refractivity contribution in [3.63, 3.8) is 0 Å². The van der Waals surface area contributed by atoms with Crippen molar-refractivity contribution >= 4 is 29.1 Å². The summed E-state index contributed by atoms with van der Waals surface area (Å²) in [6.07, 6.45) is 3.28.